The van der Waals surface area contributed by atoms with Crippen molar-refractivity contribution in [2.24, 2.45) is 0 Å². The SMILES string of the molecule is C[C@H]1CN(c2cccc(Cl)c2)C(=O)CN1C(=O)Cc1cccc(O)c1. The van der Waals surface area contributed by atoms with Gasteiger partial charge < -0.3 is 14.9 Å². The number of carbonyl (C=O) groups excluding carboxylic acids is 2. The second kappa shape index (κ2) is 7.15. The molecule has 5 nitrogen and oxygen atoms in total. The van der Waals surface area contributed by atoms with Crippen LogP contribution in [0.25, 0.3) is 0 Å². The Bertz CT molecular complexity index is 809. The summed E-state index contributed by atoms with van der Waals surface area (Å²) in [7, 11) is 0. The molecule has 1 heterocycles. The summed E-state index contributed by atoms with van der Waals surface area (Å²) in [5.41, 5.74) is 1.46. The second-order valence-corrected chi connectivity index (χ2v) is 6.64. The molecule has 0 radical (unpaired) electrons. The van der Waals surface area contributed by atoms with Crippen molar-refractivity contribution < 1.29 is 14.7 Å². The van der Waals surface area contributed by atoms with Gasteiger partial charge >= 0.3 is 0 Å². The lowest BCUT2D eigenvalue weighted by Gasteiger charge is -2.39. The minimum atomic E-state index is -0.135. The van der Waals surface area contributed by atoms with Gasteiger partial charge in [0.1, 0.15) is 12.3 Å². The Kier molecular flexibility index (Phi) is 4.95. The molecule has 0 saturated carbocycles. The van der Waals surface area contributed by atoms with Crippen molar-refractivity contribution in [3.8, 4) is 5.75 Å². The summed E-state index contributed by atoms with van der Waals surface area (Å²) in [6.45, 7) is 2.38. The van der Waals surface area contributed by atoms with Crippen LogP contribution in [0.15, 0.2) is 48.5 Å². The summed E-state index contributed by atoms with van der Waals surface area (Å²) < 4.78 is 0. The van der Waals surface area contributed by atoms with Gasteiger partial charge in [-0.05, 0) is 42.8 Å². The number of aromatic hydroxyl groups is 1. The van der Waals surface area contributed by atoms with E-state index in [1.165, 1.54) is 0 Å². The number of anilines is 1. The maximum atomic E-state index is 12.6. The number of amides is 2. The molecule has 1 fully saturated rings. The highest BCUT2D eigenvalue weighted by Crippen LogP contribution is 2.24. The van der Waals surface area contributed by atoms with Gasteiger partial charge in [-0.1, -0.05) is 29.8 Å². The minimum Gasteiger partial charge on any atom is -0.508 e. The Hall–Kier alpha value is -2.53. The number of halogens is 1. The third-order valence-corrected chi connectivity index (χ3v) is 4.53. The van der Waals surface area contributed by atoms with Crippen LogP contribution in [-0.2, 0) is 16.0 Å². The minimum absolute atomic E-state index is 0.0331. The Balaban J connectivity index is 1.71. The van der Waals surface area contributed by atoms with Crippen molar-refractivity contribution >= 4 is 29.1 Å². The first-order valence-electron chi connectivity index (χ1n) is 8.07. The topological polar surface area (TPSA) is 60.9 Å². The molecular formula is C19H19ClN2O3. The smallest absolute Gasteiger partial charge is 0.246 e. The summed E-state index contributed by atoms with van der Waals surface area (Å²) in [6, 6.07) is 13.6. The van der Waals surface area contributed by atoms with Gasteiger partial charge in [-0.25, -0.2) is 0 Å². The zero-order valence-corrected chi connectivity index (χ0v) is 14.6. The van der Waals surface area contributed by atoms with E-state index in [9.17, 15) is 14.7 Å². The van der Waals surface area contributed by atoms with Crippen LogP contribution in [0.3, 0.4) is 0 Å². The summed E-state index contributed by atoms with van der Waals surface area (Å²) in [4.78, 5) is 28.4. The Morgan fingerprint density at radius 3 is 2.72 bits per heavy atom. The molecule has 130 valence electrons. The molecule has 0 aliphatic carbocycles. The fourth-order valence-electron chi connectivity index (χ4n) is 3.02. The highest BCUT2D eigenvalue weighted by atomic mass is 35.5. The van der Waals surface area contributed by atoms with Crippen LogP contribution in [0, 0.1) is 0 Å². The lowest BCUT2D eigenvalue weighted by Crippen LogP contribution is -2.57. The number of hydrogen-bond donors (Lipinski definition) is 1. The van der Waals surface area contributed by atoms with Gasteiger partial charge in [0.05, 0.1) is 6.42 Å². The third kappa shape index (κ3) is 3.94. The molecule has 6 heteroatoms. The molecule has 1 aliphatic heterocycles. The van der Waals surface area contributed by atoms with E-state index in [-0.39, 0.29) is 36.6 Å². The Morgan fingerprint density at radius 1 is 1.24 bits per heavy atom. The summed E-state index contributed by atoms with van der Waals surface area (Å²) in [6.07, 6.45) is 0.156. The predicted molar refractivity (Wildman–Crippen MR) is 96.8 cm³/mol. The van der Waals surface area contributed by atoms with Crippen LogP contribution in [0.1, 0.15) is 12.5 Å². The standard InChI is InChI=1S/C19H19ClN2O3/c1-13-11-22(16-6-3-5-15(20)10-16)19(25)12-21(13)18(24)9-14-4-2-7-17(23)8-14/h2-8,10,13,23H,9,11-12H2,1H3/t13-/m0/s1. The molecule has 0 aromatic heterocycles. The fourth-order valence-corrected chi connectivity index (χ4v) is 3.21. The van der Waals surface area contributed by atoms with E-state index >= 15 is 0 Å². The van der Waals surface area contributed by atoms with Crippen LogP contribution in [0.2, 0.25) is 5.02 Å². The van der Waals surface area contributed by atoms with Gasteiger partial charge in [0, 0.05) is 23.3 Å². The van der Waals surface area contributed by atoms with E-state index in [2.05, 4.69) is 0 Å². The monoisotopic (exact) mass is 358 g/mol. The number of carbonyl (C=O) groups is 2. The van der Waals surface area contributed by atoms with Crippen LogP contribution in [0.5, 0.6) is 5.75 Å². The number of piperazine rings is 1. The molecule has 1 atom stereocenters. The Labute approximate surface area is 151 Å². The van der Waals surface area contributed by atoms with Gasteiger partial charge in [-0.3, -0.25) is 9.59 Å². The lowest BCUT2D eigenvalue weighted by atomic mass is 10.1. The van der Waals surface area contributed by atoms with Gasteiger partial charge in [-0.2, -0.15) is 0 Å². The first-order valence-corrected chi connectivity index (χ1v) is 8.45. The van der Waals surface area contributed by atoms with Gasteiger partial charge in [-0.15, -0.1) is 0 Å². The second-order valence-electron chi connectivity index (χ2n) is 6.20. The van der Waals surface area contributed by atoms with E-state index in [4.69, 9.17) is 11.6 Å². The van der Waals surface area contributed by atoms with E-state index in [1.54, 1.807) is 52.3 Å². The molecule has 1 aliphatic rings. The van der Waals surface area contributed by atoms with Crippen molar-refractivity contribution in [3.05, 3.63) is 59.1 Å². The Morgan fingerprint density at radius 2 is 2.00 bits per heavy atom. The first kappa shape index (κ1) is 17.3. The molecule has 2 aromatic rings. The molecule has 3 rings (SSSR count). The normalized spacial score (nSPS) is 17.7. The molecule has 0 bridgehead atoms. The summed E-state index contributed by atoms with van der Waals surface area (Å²) in [5.74, 6) is -0.137. The van der Waals surface area contributed by atoms with Crippen LogP contribution < -0.4 is 4.90 Å². The first-order chi connectivity index (χ1) is 11.9. The predicted octanol–water partition coefficient (Wildman–Crippen LogP) is 2.85. The average molecular weight is 359 g/mol. The highest BCUT2D eigenvalue weighted by molar-refractivity contribution is 6.30. The summed E-state index contributed by atoms with van der Waals surface area (Å²) in [5, 5.41) is 10.1. The van der Waals surface area contributed by atoms with Crippen molar-refractivity contribution in [3.63, 3.8) is 0 Å². The third-order valence-electron chi connectivity index (χ3n) is 4.29. The number of benzene rings is 2. The maximum Gasteiger partial charge on any atom is 0.246 e. The largest absolute Gasteiger partial charge is 0.508 e. The van der Waals surface area contributed by atoms with Gasteiger partial charge in [0.15, 0.2) is 0 Å². The molecule has 1 saturated heterocycles. The van der Waals surface area contributed by atoms with E-state index in [0.29, 0.717) is 11.6 Å². The lowest BCUT2D eigenvalue weighted by molar-refractivity contribution is -0.138. The number of nitrogens with zero attached hydrogens (tertiary/aromatic N) is 2. The van der Waals surface area contributed by atoms with Crippen molar-refractivity contribution in [2.45, 2.75) is 19.4 Å². The molecule has 1 N–H and O–H groups in total. The molecule has 0 unspecified atom stereocenters. The quantitative estimate of drug-likeness (QED) is 0.917. The van der Waals surface area contributed by atoms with E-state index in [0.717, 1.165) is 11.3 Å². The van der Waals surface area contributed by atoms with Crippen molar-refractivity contribution in [2.75, 3.05) is 18.0 Å². The van der Waals surface area contributed by atoms with Gasteiger partial charge in [0.25, 0.3) is 0 Å². The summed E-state index contributed by atoms with van der Waals surface area (Å²) >= 11 is 6.01. The molecule has 2 amide bonds. The number of rotatable bonds is 3. The number of hydrogen-bond acceptors (Lipinski definition) is 3. The molecule has 25 heavy (non-hydrogen) atoms. The number of phenolic OH excluding ortho intramolecular Hbond substituents is 1. The molecular weight excluding hydrogens is 340 g/mol. The van der Waals surface area contributed by atoms with Crippen LogP contribution >= 0.6 is 11.6 Å². The van der Waals surface area contributed by atoms with Crippen LogP contribution in [0.4, 0.5) is 5.69 Å². The van der Waals surface area contributed by atoms with Crippen molar-refractivity contribution in [1.82, 2.24) is 4.90 Å². The zero-order valence-electron chi connectivity index (χ0n) is 13.9. The average Bonchev–Trinajstić information content (AvgIpc) is 2.56. The van der Waals surface area contributed by atoms with Gasteiger partial charge in [0.2, 0.25) is 11.8 Å². The molecule has 2 aromatic carbocycles. The van der Waals surface area contributed by atoms with Crippen molar-refractivity contribution in [1.29, 1.82) is 0 Å². The van der Waals surface area contributed by atoms with E-state index in [1.807, 2.05) is 13.0 Å². The zero-order chi connectivity index (χ0) is 18.0. The maximum absolute atomic E-state index is 12.6. The van der Waals surface area contributed by atoms with Crippen LogP contribution in [-0.4, -0.2) is 41.0 Å². The van der Waals surface area contributed by atoms with E-state index < -0.39 is 0 Å². The highest BCUT2D eigenvalue weighted by Gasteiger charge is 2.33. The molecule has 0 spiro atoms. The number of phenols is 1. The fraction of sp³-hybridized carbons (Fsp3) is 0.263.